The number of quaternary nitrogens is 1. The van der Waals surface area contributed by atoms with Crippen molar-refractivity contribution in [3.05, 3.63) is 92.2 Å². The number of aliphatic imine (C=N–C) groups is 1. The molecule has 3 aromatic heterocycles. The topological polar surface area (TPSA) is 205 Å². The zero-order valence-electron chi connectivity index (χ0n) is 34.4. The third-order valence-electron chi connectivity index (χ3n) is 13.2. The molecule has 318 valence electrons. The first-order chi connectivity index (χ1) is 29.4. The number of aromatic hydroxyl groups is 1. The zero-order valence-corrected chi connectivity index (χ0v) is 36.0. The minimum Gasteiger partial charge on any atom is -0.507 e. The van der Waals surface area contributed by atoms with Crippen molar-refractivity contribution in [2.24, 2.45) is 10.9 Å². The Morgan fingerprint density at radius 1 is 1.08 bits per heavy atom. The minimum absolute atomic E-state index is 0.0893. The van der Waals surface area contributed by atoms with E-state index in [-0.39, 0.29) is 34.2 Å². The van der Waals surface area contributed by atoms with Gasteiger partial charge in [0.05, 0.1) is 17.5 Å². The van der Waals surface area contributed by atoms with Crippen LogP contribution in [0.1, 0.15) is 73.1 Å². The van der Waals surface area contributed by atoms with E-state index in [9.17, 15) is 14.7 Å². The van der Waals surface area contributed by atoms with Crippen LogP contribution in [0.15, 0.2) is 68.1 Å². The number of phenolic OH excluding ortho intramolecular Hbond substituents is 1. The number of aryl methyl sites for hydroxylation is 2. The molecule has 9 heterocycles. The van der Waals surface area contributed by atoms with E-state index in [1.54, 1.807) is 34.6 Å². The van der Waals surface area contributed by atoms with Crippen LogP contribution in [0.2, 0.25) is 0 Å². The van der Waals surface area contributed by atoms with Gasteiger partial charge < -0.3 is 40.5 Å². The molecule has 4 aromatic rings. The summed E-state index contributed by atoms with van der Waals surface area (Å²) in [5.74, 6) is 1.88. The summed E-state index contributed by atoms with van der Waals surface area (Å²) in [7, 11) is 5.24. The molecule has 4 bridgehead atoms. The summed E-state index contributed by atoms with van der Waals surface area (Å²) in [6.07, 6.45) is 8.28. The minimum atomic E-state index is -1.13. The number of anilines is 2. The van der Waals surface area contributed by atoms with E-state index in [0.29, 0.717) is 91.8 Å². The van der Waals surface area contributed by atoms with E-state index in [1.807, 2.05) is 26.3 Å². The third kappa shape index (κ3) is 7.29. The van der Waals surface area contributed by atoms with E-state index in [4.69, 9.17) is 40.1 Å². The molecule has 2 fully saturated rings. The third-order valence-corrected chi connectivity index (χ3v) is 15.5. The highest BCUT2D eigenvalue weighted by molar-refractivity contribution is 8.76. The molecule has 10 rings (SSSR count). The van der Waals surface area contributed by atoms with Crippen LogP contribution in [0.5, 0.6) is 11.5 Å². The van der Waals surface area contributed by atoms with Gasteiger partial charge in [-0.15, -0.1) is 0 Å². The lowest BCUT2D eigenvalue weighted by atomic mass is 9.74. The Balaban J connectivity index is 1.03. The highest BCUT2D eigenvalue weighted by Gasteiger charge is 2.65. The van der Waals surface area contributed by atoms with Crippen LogP contribution < -0.4 is 31.8 Å². The summed E-state index contributed by atoms with van der Waals surface area (Å²) in [5.41, 5.74) is 18.2. The molecule has 61 heavy (non-hydrogen) atoms. The van der Waals surface area contributed by atoms with Gasteiger partial charge in [0.15, 0.2) is 11.0 Å². The van der Waals surface area contributed by atoms with Crippen molar-refractivity contribution < 1.29 is 33.4 Å². The number of epoxide rings is 1. The van der Waals surface area contributed by atoms with Gasteiger partial charge in [0.1, 0.15) is 76.6 Å². The van der Waals surface area contributed by atoms with Crippen LogP contribution in [0.3, 0.4) is 0 Å². The number of benzene rings is 1. The number of nitrogens with zero attached hydrogens (tertiary/aromatic N) is 3. The molecule has 2 saturated heterocycles. The predicted molar refractivity (Wildman–Crippen MR) is 237 cm³/mol. The summed E-state index contributed by atoms with van der Waals surface area (Å²) < 4.78 is 26.0. The van der Waals surface area contributed by atoms with Crippen molar-refractivity contribution in [2.75, 3.05) is 37.4 Å². The first-order valence-electron chi connectivity index (χ1n) is 21.0. The summed E-state index contributed by atoms with van der Waals surface area (Å²) in [5, 5.41) is 15.4. The van der Waals surface area contributed by atoms with Crippen LogP contribution in [0.25, 0.3) is 22.2 Å². The van der Waals surface area contributed by atoms with Gasteiger partial charge in [0, 0.05) is 64.5 Å². The zero-order chi connectivity index (χ0) is 42.2. The summed E-state index contributed by atoms with van der Waals surface area (Å²) in [6, 6.07) is 9.14. The fraction of sp³-hybridized carbons (Fsp3) is 0.444. The van der Waals surface area contributed by atoms with Crippen molar-refractivity contribution in [1.82, 2.24) is 15.3 Å². The molecule has 0 aliphatic carbocycles. The Hall–Kier alpha value is -4.87. The van der Waals surface area contributed by atoms with Gasteiger partial charge in [0.25, 0.3) is 0 Å². The average molecular weight is 865 g/mol. The van der Waals surface area contributed by atoms with Gasteiger partial charge in [0.2, 0.25) is 0 Å². The van der Waals surface area contributed by atoms with Crippen LogP contribution in [-0.4, -0.2) is 76.6 Å². The Morgan fingerprint density at radius 2 is 1.95 bits per heavy atom. The maximum absolute atomic E-state index is 14.7. The molecule has 0 radical (unpaired) electrons. The number of fused-ring (bicyclic) bond motifs is 9. The quantitative estimate of drug-likeness (QED) is 0.105. The van der Waals surface area contributed by atoms with Crippen LogP contribution in [0, 0.1) is 12.8 Å². The molecule has 0 saturated carbocycles. The Bertz CT molecular complexity index is 2630. The Labute approximate surface area is 361 Å². The number of nitrogens with two attached hydrogens (primary N) is 2. The normalized spacial score (nSPS) is 29.3. The van der Waals surface area contributed by atoms with E-state index in [1.165, 1.54) is 16.5 Å². The molecular weight excluding hydrogens is 815 g/mol. The smallest absolute Gasteiger partial charge is 0.341 e. The first kappa shape index (κ1) is 40.2. The number of rotatable bonds is 4. The number of nitrogens with one attached hydrogen (secondary N) is 2. The molecule has 0 amide bonds. The second-order valence-corrected chi connectivity index (χ2v) is 20.0. The van der Waals surface area contributed by atoms with E-state index in [0.717, 1.165) is 40.3 Å². The standard InChI is InChI=1S/C45H49N7O7S2/c1-23-12-33(53)39-34(56-23)17-35-38(40(39)54)29-13-25(18-48-3)6-8-45-36(59-45)5-4-24-14-31(51-37(46)15-24)28-16-27(20-52-19-26-7-10-49-32(26)21-52)50-42(47)30(28)22-61-60-11-9-44(2,58-35)41(29)57-43(45)55/h7,10,12,14-17,21,25,29,36,41,48,54H,4-6,8-9,11,13,18-20,22H2,1-3H3,(H2,46,51)(H2,47,50)/p+1/t25-,29+,36-,41-,44+,45-/m1/s1. The number of hydrogen-bond donors (Lipinski definition) is 5. The highest BCUT2D eigenvalue weighted by Crippen LogP contribution is 2.55. The Morgan fingerprint density at radius 3 is 2.79 bits per heavy atom. The molecule has 14 nitrogen and oxygen atoms in total. The predicted octanol–water partition coefficient (Wildman–Crippen LogP) is 4.90. The molecule has 7 atom stereocenters. The highest BCUT2D eigenvalue weighted by atomic mass is 33.1. The van der Waals surface area contributed by atoms with Gasteiger partial charge >= 0.3 is 5.97 Å². The number of esters is 1. The second-order valence-electron chi connectivity index (χ2n) is 17.5. The van der Waals surface area contributed by atoms with E-state index >= 15 is 0 Å². The fourth-order valence-corrected chi connectivity index (χ4v) is 12.5. The summed E-state index contributed by atoms with van der Waals surface area (Å²) >= 11 is 0. The molecular formula is C45H50N7O7S2+. The number of ether oxygens (including phenoxy) is 3. The van der Waals surface area contributed by atoms with Crippen LogP contribution in [-0.2, 0) is 33.0 Å². The van der Waals surface area contributed by atoms with Crippen molar-refractivity contribution in [1.29, 1.82) is 0 Å². The Kier molecular flexibility index (Phi) is 10.2. The first-order valence-corrected chi connectivity index (χ1v) is 23.5. The largest absolute Gasteiger partial charge is 0.507 e. The van der Waals surface area contributed by atoms with E-state index in [2.05, 4.69) is 34.7 Å². The number of phenols is 1. The second kappa shape index (κ2) is 15.5. The van der Waals surface area contributed by atoms with Gasteiger partial charge in [-0.2, -0.15) is 0 Å². The molecule has 1 spiro atoms. The maximum atomic E-state index is 14.7. The van der Waals surface area contributed by atoms with Gasteiger partial charge in [-0.05, 0) is 95.3 Å². The lowest BCUT2D eigenvalue weighted by molar-refractivity contribution is -0.852. The number of carbonyl (C=O) groups excluding carboxylic acids is 1. The molecule has 7 N–H and O–H groups in total. The van der Waals surface area contributed by atoms with Gasteiger partial charge in [-0.25, -0.2) is 14.8 Å². The number of hydrogen-bond acceptors (Lipinski definition) is 15. The molecule has 6 aliphatic heterocycles. The van der Waals surface area contributed by atoms with Crippen molar-refractivity contribution in [2.45, 2.75) is 94.0 Å². The molecule has 16 heteroatoms. The average Bonchev–Trinajstić information content (AvgIpc) is 3.50. The number of allylic oxidation sites excluding steroid dienone is 1. The van der Waals surface area contributed by atoms with Crippen LogP contribution >= 0.6 is 21.6 Å². The molecule has 6 aliphatic rings. The number of pyridine rings is 2. The maximum Gasteiger partial charge on any atom is 0.341 e. The number of aromatic nitrogens is 2. The SMILES string of the molecule is CNC[C@@H]1CC[C@@]23O[C@@H]2CCc2cc(N)nc(c2)-c2cc(C[NH+]4C=C5N=CC=C5C4)nc(N)c2CSSCC[C@]2(C)Oc4cc5oc(C)cc(=O)c5c(O)c4[C@H](C1)[C@H]2OC3=O. The van der Waals surface area contributed by atoms with Crippen molar-refractivity contribution in [3.8, 4) is 22.8 Å². The van der Waals surface area contributed by atoms with Crippen molar-refractivity contribution in [3.63, 3.8) is 0 Å². The van der Waals surface area contributed by atoms with Crippen molar-refractivity contribution >= 4 is 56.4 Å². The lowest BCUT2D eigenvalue weighted by Crippen LogP contribution is -3.04. The lowest BCUT2D eigenvalue weighted by Gasteiger charge is -2.46. The summed E-state index contributed by atoms with van der Waals surface area (Å²) in [6.45, 7) is 5.83. The molecule has 1 aromatic carbocycles. The van der Waals surface area contributed by atoms with E-state index < -0.39 is 29.2 Å². The monoisotopic (exact) mass is 864 g/mol. The van der Waals surface area contributed by atoms with Crippen LogP contribution in [0.4, 0.5) is 11.6 Å². The fourth-order valence-electron chi connectivity index (χ4n) is 10.2. The number of carbonyl (C=O) groups is 1. The molecule has 1 unspecified atom stereocenters. The number of nitrogen functional groups attached to an aromatic ring is 2. The van der Waals surface area contributed by atoms with Gasteiger partial charge in [-0.3, -0.25) is 14.7 Å². The van der Waals surface area contributed by atoms with Gasteiger partial charge in [-0.1, -0.05) is 21.6 Å². The summed E-state index contributed by atoms with van der Waals surface area (Å²) in [4.78, 5) is 43.5.